The van der Waals surface area contributed by atoms with E-state index in [4.69, 9.17) is 0 Å². The van der Waals surface area contributed by atoms with Crippen LogP contribution in [0.2, 0.25) is 0 Å². The molecule has 0 saturated carbocycles. The molecule has 3 nitrogen and oxygen atoms in total. The molecular formula is C16H22MnO3. The maximum atomic E-state index is 9.36. The van der Waals surface area contributed by atoms with Crippen molar-refractivity contribution < 1.29 is 27.0 Å². The molecular weight excluding hydrogens is 295 g/mol. The van der Waals surface area contributed by atoms with Crippen LogP contribution in [0.15, 0.2) is 23.8 Å². The van der Waals surface area contributed by atoms with Crippen molar-refractivity contribution >= 4 is 14.4 Å². The van der Waals surface area contributed by atoms with E-state index in [0.29, 0.717) is 0 Å². The quantitative estimate of drug-likeness (QED) is 0.534. The van der Waals surface area contributed by atoms with Gasteiger partial charge in [-0.05, 0) is 19.3 Å². The number of rotatable bonds is 7. The van der Waals surface area contributed by atoms with Crippen LogP contribution in [0.4, 0.5) is 0 Å². The monoisotopic (exact) mass is 317 g/mol. The first-order valence-corrected chi connectivity index (χ1v) is 8.73. The summed E-state index contributed by atoms with van der Waals surface area (Å²) in [6.07, 6.45) is 17.8. The van der Waals surface area contributed by atoms with Gasteiger partial charge in [-0.25, -0.2) is 0 Å². The van der Waals surface area contributed by atoms with E-state index < -0.39 is 12.6 Å². The normalized spacial score (nSPS) is 11.6. The second-order valence-corrected chi connectivity index (χ2v) is 6.10. The fraction of sp³-hybridized carbons (Fsp3) is 0.562. The Kier molecular flexibility index (Phi) is 13.3. The van der Waals surface area contributed by atoms with Gasteiger partial charge < -0.3 is 0 Å². The van der Waals surface area contributed by atoms with Gasteiger partial charge in [0.15, 0.2) is 0 Å². The van der Waals surface area contributed by atoms with Gasteiger partial charge in [0.1, 0.15) is 0 Å². The molecule has 0 radical (unpaired) electrons. The van der Waals surface area contributed by atoms with E-state index in [1.54, 1.807) is 5.57 Å². The van der Waals surface area contributed by atoms with E-state index in [9.17, 15) is 14.4 Å². The minimum absolute atomic E-state index is 1.21. The Labute approximate surface area is 123 Å². The van der Waals surface area contributed by atoms with E-state index >= 15 is 0 Å². The number of hydrogen-bond donors (Lipinski definition) is 0. The van der Waals surface area contributed by atoms with Crippen LogP contribution in [0.3, 0.4) is 0 Å². The van der Waals surface area contributed by atoms with Crippen LogP contribution in [0, 0.1) is 0 Å². The van der Waals surface area contributed by atoms with Crippen molar-refractivity contribution in [2.75, 3.05) is 0 Å². The molecule has 1 aliphatic rings. The van der Waals surface area contributed by atoms with Crippen LogP contribution in [0.1, 0.15) is 58.3 Å². The molecule has 0 aliphatic heterocycles. The molecule has 0 fully saturated rings. The van der Waals surface area contributed by atoms with Gasteiger partial charge in [-0.1, -0.05) is 62.8 Å². The van der Waals surface area contributed by atoms with E-state index in [-0.39, 0.29) is 0 Å². The molecule has 1 aliphatic carbocycles. The molecule has 20 heavy (non-hydrogen) atoms. The van der Waals surface area contributed by atoms with Gasteiger partial charge >= 0.3 is 41.3 Å². The molecule has 1 rings (SSSR count). The third-order valence-electron chi connectivity index (χ3n) is 2.93. The second kappa shape index (κ2) is 14.2. The van der Waals surface area contributed by atoms with Crippen LogP contribution in [0.5, 0.6) is 0 Å². The van der Waals surface area contributed by atoms with Crippen LogP contribution in [0.25, 0.3) is 0 Å². The summed E-state index contributed by atoms with van der Waals surface area (Å²) in [5, 5.41) is 0. The molecule has 0 aromatic heterocycles. The fourth-order valence-electron chi connectivity index (χ4n) is 1.86. The molecule has 0 saturated heterocycles. The van der Waals surface area contributed by atoms with E-state index in [1.165, 1.54) is 65.7 Å². The molecule has 0 heterocycles. The van der Waals surface area contributed by atoms with E-state index in [1.807, 2.05) is 0 Å². The summed E-state index contributed by atoms with van der Waals surface area (Å²) in [4.78, 5) is 31.7. The fourth-order valence-corrected chi connectivity index (χ4v) is 2.00. The first kappa shape index (κ1) is 18.7. The first-order valence-electron chi connectivity index (χ1n) is 6.96. The predicted octanol–water partition coefficient (Wildman–Crippen LogP) is 3.43. The molecule has 0 aromatic carbocycles. The molecule has 111 valence electrons. The van der Waals surface area contributed by atoms with Crippen molar-refractivity contribution in [2.45, 2.75) is 58.3 Å². The van der Waals surface area contributed by atoms with Crippen LogP contribution in [-0.2, 0) is 27.0 Å². The zero-order chi connectivity index (χ0) is 15.1. The maximum absolute atomic E-state index is 9.36. The molecule has 0 amide bonds. The summed E-state index contributed by atoms with van der Waals surface area (Å²) >= 11 is -2.30. The summed E-state index contributed by atoms with van der Waals surface area (Å²) in [5.41, 5.74) is 1.63. The third-order valence-corrected chi connectivity index (χ3v) is 3.65. The van der Waals surface area contributed by atoms with Gasteiger partial charge in [-0.3, -0.25) is 0 Å². The zero-order valence-electron chi connectivity index (χ0n) is 12.0. The Morgan fingerprint density at radius 2 is 1.60 bits per heavy atom. The Balaban J connectivity index is 0.000000441. The second-order valence-electron chi connectivity index (χ2n) is 4.49. The number of hydrogen-bond acceptors (Lipinski definition) is 3. The summed E-state index contributed by atoms with van der Waals surface area (Å²) in [6, 6.07) is 0. The summed E-state index contributed by atoms with van der Waals surface area (Å²) in [5.74, 6) is 0. The van der Waals surface area contributed by atoms with Crippen molar-refractivity contribution in [1.29, 1.82) is 0 Å². The van der Waals surface area contributed by atoms with E-state index in [0.717, 1.165) is 0 Å². The van der Waals surface area contributed by atoms with Crippen molar-refractivity contribution in [3.8, 4) is 0 Å². The van der Waals surface area contributed by atoms with E-state index in [2.05, 4.69) is 25.2 Å². The van der Waals surface area contributed by atoms with Crippen LogP contribution < -0.4 is 0 Å². The first-order chi connectivity index (χ1) is 9.78. The topological polar surface area (TPSA) is 51.2 Å². The average Bonchev–Trinajstić information content (AvgIpc) is 2.99. The molecule has 0 unspecified atom stereocenters. The summed E-state index contributed by atoms with van der Waals surface area (Å²) < 4.78 is 0. The van der Waals surface area contributed by atoms with Crippen molar-refractivity contribution in [1.82, 2.24) is 0 Å². The van der Waals surface area contributed by atoms with Gasteiger partial charge in [0.05, 0.1) is 0 Å². The average molecular weight is 317 g/mol. The van der Waals surface area contributed by atoms with Gasteiger partial charge in [0, 0.05) is 0 Å². The Morgan fingerprint density at radius 3 is 2.05 bits per heavy atom. The molecule has 0 N–H and O–H groups in total. The molecule has 0 aromatic rings. The number of unbranched alkanes of at least 4 members (excludes halogenated alkanes) is 5. The number of allylic oxidation sites excluding steroid dienone is 4. The van der Waals surface area contributed by atoms with Crippen molar-refractivity contribution in [2.24, 2.45) is 0 Å². The van der Waals surface area contributed by atoms with Crippen LogP contribution >= 0.6 is 0 Å². The Bertz CT molecular complexity index is 491. The van der Waals surface area contributed by atoms with Gasteiger partial charge in [-0.2, -0.15) is 0 Å². The third kappa shape index (κ3) is 10.6. The predicted molar refractivity (Wildman–Crippen MR) is 76.9 cm³/mol. The molecule has 0 bridgehead atoms. The van der Waals surface area contributed by atoms with Gasteiger partial charge in [0.2, 0.25) is 0 Å². The SMILES string of the molecule is CCCCCCCCC1=CC=CC1.O=[C]=[Mn](=[C]=O)=[C]=O. The van der Waals surface area contributed by atoms with Gasteiger partial charge in [-0.15, -0.1) is 0 Å². The molecule has 0 atom stereocenters. The summed E-state index contributed by atoms with van der Waals surface area (Å²) in [6.45, 7) is 2.27. The Hall–Kier alpha value is -1.26. The number of carbonyl (C=O) groups excluding carboxylic acids is 3. The van der Waals surface area contributed by atoms with Crippen molar-refractivity contribution in [3.05, 3.63) is 23.8 Å². The minimum atomic E-state index is -2.30. The molecule has 4 heteroatoms. The standard InChI is InChI=1S/C13H22.3CO.Mn/c1-2-3-4-5-6-7-10-13-11-8-9-12-13;3*1-2;/h8-9,11H,2-7,10,12H2,1H3;;;;. The zero-order valence-corrected chi connectivity index (χ0v) is 13.2. The van der Waals surface area contributed by atoms with Crippen molar-refractivity contribution in [3.63, 3.8) is 0 Å². The van der Waals surface area contributed by atoms with Gasteiger partial charge in [0.25, 0.3) is 0 Å². The summed E-state index contributed by atoms with van der Waals surface area (Å²) in [7, 11) is 0. The van der Waals surface area contributed by atoms with Crippen LogP contribution in [-0.4, -0.2) is 14.4 Å². The molecule has 0 spiro atoms. The Morgan fingerprint density at radius 1 is 1.00 bits per heavy atom.